The van der Waals surface area contributed by atoms with E-state index in [0.717, 1.165) is 31.2 Å². The highest BCUT2D eigenvalue weighted by molar-refractivity contribution is 14.0. The summed E-state index contributed by atoms with van der Waals surface area (Å²) in [5, 5.41) is 3.30. The zero-order valence-corrected chi connectivity index (χ0v) is 16.5. The normalized spacial score (nSPS) is 16.1. The molecule has 0 atom stereocenters. The number of aliphatic imine (C=N–C) groups is 1. The summed E-state index contributed by atoms with van der Waals surface area (Å²) in [6.45, 7) is 6.51. The first-order valence-electron chi connectivity index (χ1n) is 8.05. The smallest absolute Gasteiger partial charge is 0.191 e. The van der Waals surface area contributed by atoms with Crippen molar-refractivity contribution in [2.24, 2.45) is 16.6 Å². The number of anilines is 1. The van der Waals surface area contributed by atoms with Gasteiger partial charge in [-0.3, -0.25) is 0 Å². The quantitative estimate of drug-likeness (QED) is 0.314. The molecule has 0 spiro atoms. The van der Waals surface area contributed by atoms with Crippen molar-refractivity contribution in [1.82, 2.24) is 4.90 Å². The fraction of sp³-hybridized carbons (Fsp3) is 0.588. The molecule has 1 aliphatic rings. The molecule has 1 saturated heterocycles. The van der Waals surface area contributed by atoms with Gasteiger partial charge in [0.1, 0.15) is 0 Å². The number of halogens is 1. The monoisotopic (exact) mass is 432 g/mol. The lowest BCUT2D eigenvalue weighted by Gasteiger charge is -2.31. The number of hydrogen-bond donors (Lipinski definition) is 2. The van der Waals surface area contributed by atoms with Gasteiger partial charge in [0.2, 0.25) is 0 Å². The Morgan fingerprint density at radius 3 is 2.57 bits per heavy atom. The van der Waals surface area contributed by atoms with Crippen LogP contribution in [0.15, 0.2) is 29.3 Å². The van der Waals surface area contributed by atoms with Crippen LogP contribution in [0.3, 0.4) is 0 Å². The maximum absolute atomic E-state index is 6.10. The molecule has 1 aromatic carbocycles. The van der Waals surface area contributed by atoms with E-state index in [9.17, 15) is 0 Å². The van der Waals surface area contributed by atoms with Gasteiger partial charge in [-0.2, -0.15) is 0 Å². The molecule has 0 aromatic heterocycles. The van der Waals surface area contributed by atoms with Crippen molar-refractivity contribution >= 4 is 35.6 Å². The van der Waals surface area contributed by atoms with Crippen molar-refractivity contribution in [1.29, 1.82) is 0 Å². The van der Waals surface area contributed by atoms with Crippen LogP contribution in [0.5, 0.6) is 0 Å². The van der Waals surface area contributed by atoms with Gasteiger partial charge in [-0.1, -0.05) is 19.1 Å². The van der Waals surface area contributed by atoms with Crippen LogP contribution in [0.2, 0.25) is 0 Å². The Morgan fingerprint density at radius 2 is 1.96 bits per heavy atom. The van der Waals surface area contributed by atoms with E-state index in [1.54, 1.807) is 7.11 Å². The van der Waals surface area contributed by atoms with Gasteiger partial charge in [-0.15, -0.1) is 24.0 Å². The average Bonchev–Trinajstić information content (AvgIpc) is 2.55. The van der Waals surface area contributed by atoms with E-state index in [2.05, 4.69) is 46.4 Å². The van der Waals surface area contributed by atoms with Gasteiger partial charge >= 0.3 is 0 Å². The van der Waals surface area contributed by atoms with Crippen LogP contribution < -0.4 is 11.1 Å². The number of ether oxygens (including phenoxy) is 1. The van der Waals surface area contributed by atoms with Crippen molar-refractivity contribution in [2.75, 3.05) is 38.7 Å². The molecule has 130 valence electrons. The van der Waals surface area contributed by atoms with Crippen molar-refractivity contribution in [3.05, 3.63) is 29.8 Å². The fourth-order valence-electron chi connectivity index (χ4n) is 2.54. The molecule has 1 heterocycles. The summed E-state index contributed by atoms with van der Waals surface area (Å²) in [4.78, 5) is 6.72. The van der Waals surface area contributed by atoms with Crippen LogP contribution in [0.25, 0.3) is 0 Å². The third kappa shape index (κ3) is 6.95. The minimum absolute atomic E-state index is 0. The summed E-state index contributed by atoms with van der Waals surface area (Å²) in [6, 6.07) is 8.31. The van der Waals surface area contributed by atoms with E-state index in [0.29, 0.717) is 19.1 Å². The first-order valence-corrected chi connectivity index (χ1v) is 8.05. The van der Waals surface area contributed by atoms with E-state index < -0.39 is 0 Å². The van der Waals surface area contributed by atoms with E-state index >= 15 is 0 Å². The van der Waals surface area contributed by atoms with Gasteiger partial charge in [0.25, 0.3) is 0 Å². The van der Waals surface area contributed by atoms with E-state index in [4.69, 9.17) is 10.5 Å². The van der Waals surface area contributed by atoms with E-state index in [1.165, 1.54) is 18.4 Å². The second-order valence-corrected chi connectivity index (χ2v) is 5.96. The number of likely N-dealkylation sites (tertiary alicyclic amines) is 1. The molecule has 23 heavy (non-hydrogen) atoms. The minimum atomic E-state index is 0. The molecule has 0 saturated carbocycles. The van der Waals surface area contributed by atoms with E-state index in [-0.39, 0.29) is 24.0 Å². The average molecular weight is 432 g/mol. The van der Waals surface area contributed by atoms with Crippen LogP contribution in [0.4, 0.5) is 5.69 Å². The fourth-order valence-corrected chi connectivity index (χ4v) is 2.54. The number of nitrogens with one attached hydrogen (secondary N) is 1. The van der Waals surface area contributed by atoms with Gasteiger partial charge in [-0.05, 0) is 36.5 Å². The number of guanidine groups is 1. The second kappa shape index (κ2) is 10.7. The van der Waals surface area contributed by atoms with Crippen LogP contribution in [0.1, 0.15) is 25.3 Å². The molecule has 0 aliphatic carbocycles. The lowest BCUT2D eigenvalue weighted by molar-refractivity contribution is 0.211. The summed E-state index contributed by atoms with van der Waals surface area (Å²) >= 11 is 0. The predicted octanol–water partition coefficient (Wildman–Crippen LogP) is 2.91. The third-order valence-electron chi connectivity index (χ3n) is 4.12. The molecule has 3 N–H and O–H groups in total. The Morgan fingerprint density at radius 1 is 1.30 bits per heavy atom. The Kier molecular flexibility index (Phi) is 9.31. The molecule has 2 rings (SSSR count). The predicted molar refractivity (Wildman–Crippen MR) is 108 cm³/mol. The number of rotatable bonds is 6. The summed E-state index contributed by atoms with van der Waals surface area (Å²) in [7, 11) is 1.70. The van der Waals surface area contributed by atoms with Crippen LogP contribution in [0, 0.1) is 5.92 Å². The van der Waals surface area contributed by atoms with E-state index in [1.807, 2.05) is 0 Å². The zero-order valence-electron chi connectivity index (χ0n) is 14.1. The van der Waals surface area contributed by atoms with Gasteiger partial charge in [0.15, 0.2) is 5.96 Å². The molecule has 1 aliphatic heterocycles. The van der Waals surface area contributed by atoms with Crippen LogP contribution >= 0.6 is 24.0 Å². The standard InChI is InChI=1S/C17H28N4O.HI/c1-14-7-10-21(11-8-14)17(18)20-13-15-3-5-16(6-4-15)19-9-12-22-2;/h3-6,14,19H,7-13H2,1-2H3,(H2,18,20);1H. The number of nitrogens with two attached hydrogens (primary N) is 1. The van der Waals surface area contributed by atoms with Gasteiger partial charge < -0.3 is 20.7 Å². The lowest BCUT2D eigenvalue weighted by atomic mass is 10.00. The largest absolute Gasteiger partial charge is 0.383 e. The summed E-state index contributed by atoms with van der Waals surface area (Å²) in [5.41, 5.74) is 8.37. The Labute approximate surface area is 156 Å². The Hall–Kier alpha value is -1.02. The minimum Gasteiger partial charge on any atom is -0.383 e. The van der Waals surface area contributed by atoms with Crippen molar-refractivity contribution in [3.8, 4) is 0 Å². The number of nitrogens with zero attached hydrogens (tertiary/aromatic N) is 2. The topological polar surface area (TPSA) is 62.9 Å². The number of hydrogen-bond acceptors (Lipinski definition) is 3. The Balaban J connectivity index is 0.00000264. The molecule has 1 fully saturated rings. The lowest BCUT2D eigenvalue weighted by Crippen LogP contribution is -2.42. The maximum atomic E-state index is 6.10. The summed E-state index contributed by atoms with van der Waals surface area (Å²) in [6.07, 6.45) is 2.41. The summed E-state index contributed by atoms with van der Waals surface area (Å²) < 4.78 is 5.02. The molecular formula is C17H29IN4O. The first kappa shape index (κ1) is 20.0. The first-order chi connectivity index (χ1) is 10.7. The molecule has 0 amide bonds. The number of methoxy groups -OCH3 is 1. The molecule has 6 heteroatoms. The van der Waals surface area contributed by atoms with Crippen molar-refractivity contribution in [2.45, 2.75) is 26.3 Å². The maximum Gasteiger partial charge on any atom is 0.191 e. The number of benzene rings is 1. The highest BCUT2D eigenvalue weighted by atomic mass is 127. The number of piperidine rings is 1. The van der Waals surface area contributed by atoms with Gasteiger partial charge in [0, 0.05) is 32.4 Å². The summed E-state index contributed by atoms with van der Waals surface area (Å²) in [5.74, 6) is 1.48. The molecule has 0 radical (unpaired) electrons. The van der Waals surface area contributed by atoms with Gasteiger partial charge in [0.05, 0.1) is 13.2 Å². The highest BCUT2D eigenvalue weighted by Gasteiger charge is 2.16. The van der Waals surface area contributed by atoms with Crippen LogP contribution in [-0.4, -0.2) is 44.2 Å². The zero-order chi connectivity index (χ0) is 15.8. The SMILES string of the molecule is COCCNc1ccc(CN=C(N)N2CCC(C)CC2)cc1.I. The molecule has 0 unspecified atom stereocenters. The molecule has 5 nitrogen and oxygen atoms in total. The molecule has 0 bridgehead atoms. The van der Waals surface area contributed by atoms with Crippen molar-refractivity contribution < 1.29 is 4.74 Å². The molecular weight excluding hydrogens is 403 g/mol. The Bertz CT molecular complexity index is 470. The van der Waals surface area contributed by atoms with Crippen LogP contribution in [-0.2, 0) is 11.3 Å². The van der Waals surface area contributed by atoms with Gasteiger partial charge in [-0.25, -0.2) is 4.99 Å². The second-order valence-electron chi connectivity index (χ2n) is 5.96. The van der Waals surface area contributed by atoms with Crippen molar-refractivity contribution in [3.63, 3.8) is 0 Å². The molecule has 1 aromatic rings. The third-order valence-corrected chi connectivity index (χ3v) is 4.12. The highest BCUT2D eigenvalue weighted by Crippen LogP contribution is 2.16.